The molecule has 2 saturated carbocycles. The van der Waals surface area contributed by atoms with Gasteiger partial charge in [-0.3, -0.25) is 4.72 Å². The van der Waals surface area contributed by atoms with E-state index in [1.54, 1.807) is 24.3 Å². The number of rotatable bonds is 7. The van der Waals surface area contributed by atoms with Crippen molar-refractivity contribution >= 4 is 45.6 Å². The first-order valence-corrected chi connectivity index (χ1v) is 15.5. The molecule has 7 heteroatoms. The first kappa shape index (κ1) is 28.7. The third-order valence-corrected chi connectivity index (χ3v) is 10.1. The molecule has 0 heterocycles. The van der Waals surface area contributed by atoms with Crippen molar-refractivity contribution in [2.24, 2.45) is 16.7 Å². The molecule has 3 atom stereocenters. The van der Waals surface area contributed by atoms with Crippen LogP contribution in [0.2, 0.25) is 5.02 Å². The zero-order valence-corrected chi connectivity index (χ0v) is 25.5. The molecule has 2 fully saturated rings. The summed E-state index contributed by atoms with van der Waals surface area (Å²) >= 11 is 6.78. The Bertz CT molecular complexity index is 1420. The Labute approximate surface area is 245 Å². The minimum atomic E-state index is -1.49. The van der Waals surface area contributed by atoms with Gasteiger partial charge in [0.1, 0.15) is 11.0 Å². The van der Waals surface area contributed by atoms with E-state index in [-0.39, 0.29) is 5.41 Å². The number of para-hydroxylation sites is 1. The summed E-state index contributed by atoms with van der Waals surface area (Å²) in [5.74, 6) is 0.366. The van der Waals surface area contributed by atoms with E-state index in [1.807, 2.05) is 30.3 Å². The molecular formula is C33H39ClN2O3S. The van der Waals surface area contributed by atoms with Crippen LogP contribution in [0.3, 0.4) is 0 Å². The van der Waals surface area contributed by atoms with Crippen molar-refractivity contribution in [3.05, 3.63) is 82.9 Å². The van der Waals surface area contributed by atoms with Gasteiger partial charge in [-0.05, 0) is 108 Å². The third kappa shape index (κ3) is 5.94. The Hall–Kier alpha value is -2.83. The second kappa shape index (κ2) is 10.9. The summed E-state index contributed by atoms with van der Waals surface area (Å²) in [5, 5.41) is 3.82. The number of hydrogen-bond acceptors (Lipinski definition) is 4. The maximum atomic E-state index is 13.2. The molecule has 3 aromatic rings. The van der Waals surface area contributed by atoms with Crippen molar-refractivity contribution in [1.29, 1.82) is 0 Å². The number of carbonyl (C=O) groups is 1. The van der Waals surface area contributed by atoms with Gasteiger partial charge in [0.05, 0.1) is 34.0 Å². The number of benzene rings is 3. The summed E-state index contributed by atoms with van der Waals surface area (Å²) < 4.78 is 21.1. The summed E-state index contributed by atoms with van der Waals surface area (Å²) in [6, 6.07) is 20.6. The van der Waals surface area contributed by atoms with Gasteiger partial charge in [0, 0.05) is 5.69 Å². The standard InChI is InChI=1S/C33H39ClN2O3S/c1-22-17-31(2)19-32(3,18-22)21-33(4,20-31)23-10-15-29(27(34)16-23)36-40(38)25-13-11-24(12-14-25)35-28-9-7-6-8-26(28)30(37)39-5/h6-16,22,35-36H,17-21H2,1-5H3. The number of anilines is 3. The van der Waals surface area contributed by atoms with Crippen molar-refractivity contribution in [2.75, 3.05) is 17.1 Å². The Morgan fingerprint density at radius 2 is 1.57 bits per heavy atom. The quantitative estimate of drug-likeness (QED) is 0.275. The van der Waals surface area contributed by atoms with Crippen LogP contribution in [0.4, 0.5) is 17.1 Å². The molecule has 212 valence electrons. The lowest BCUT2D eigenvalue weighted by Gasteiger charge is -2.58. The van der Waals surface area contributed by atoms with Gasteiger partial charge in [-0.15, -0.1) is 0 Å². The molecule has 2 bridgehead atoms. The lowest BCUT2D eigenvalue weighted by Crippen LogP contribution is -2.49. The highest BCUT2D eigenvalue weighted by Gasteiger charge is 2.52. The van der Waals surface area contributed by atoms with Crippen LogP contribution in [0.5, 0.6) is 0 Å². The van der Waals surface area contributed by atoms with Gasteiger partial charge in [0.2, 0.25) is 0 Å². The molecule has 0 spiro atoms. The topological polar surface area (TPSA) is 67.4 Å². The summed E-state index contributed by atoms with van der Waals surface area (Å²) in [5.41, 5.74) is 4.55. The monoisotopic (exact) mass is 578 g/mol. The molecule has 40 heavy (non-hydrogen) atoms. The second-order valence-electron chi connectivity index (χ2n) is 13.0. The first-order valence-electron chi connectivity index (χ1n) is 13.9. The fraction of sp³-hybridized carbons (Fsp3) is 0.424. The summed E-state index contributed by atoms with van der Waals surface area (Å²) in [7, 11) is -0.133. The van der Waals surface area contributed by atoms with Crippen LogP contribution in [0.25, 0.3) is 0 Å². The van der Waals surface area contributed by atoms with Crippen molar-refractivity contribution < 1.29 is 13.7 Å². The highest BCUT2D eigenvalue weighted by molar-refractivity contribution is 7.86. The van der Waals surface area contributed by atoms with Gasteiger partial charge < -0.3 is 10.1 Å². The smallest absolute Gasteiger partial charge is 0.339 e. The fourth-order valence-corrected chi connectivity index (χ4v) is 9.34. The predicted octanol–water partition coefficient (Wildman–Crippen LogP) is 8.89. The molecule has 3 aromatic carbocycles. The fourth-order valence-electron chi connectivity index (χ4n) is 8.18. The lowest BCUT2D eigenvalue weighted by atomic mass is 9.47. The van der Waals surface area contributed by atoms with E-state index in [4.69, 9.17) is 16.3 Å². The molecule has 2 aliphatic rings. The van der Waals surface area contributed by atoms with E-state index in [2.05, 4.69) is 49.9 Å². The Morgan fingerprint density at radius 3 is 2.20 bits per heavy atom. The minimum absolute atomic E-state index is 0.0680. The van der Waals surface area contributed by atoms with E-state index in [0.29, 0.717) is 37.7 Å². The molecule has 0 amide bonds. The van der Waals surface area contributed by atoms with Gasteiger partial charge in [0.25, 0.3) is 0 Å². The minimum Gasteiger partial charge on any atom is -0.465 e. The van der Waals surface area contributed by atoms with E-state index in [1.165, 1.54) is 44.8 Å². The molecule has 0 aromatic heterocycles. The van der Waals surface area contributed by atoms with Crippen LogP contribution < -0.4 is 10.0 Å². The third-order valence-electron chi connectivity index (χ3n) is 8.72. The molecule has 0 radical (unpaired) electrons. The van der Waals surface area contributed by atoms with Crippen LogP contribution in [-0.4, -0.2) is 17.3 Å². The zero-order valence-electron chi connectivity index (χ0n) is 24.0. The average molecular weight is 579 g/mol. The van der Waals surface area contributed by atoms with E-state index >= 15 is 0 Å². The van der Waals surface area contributed by atoms with Crippen molar-refractivity contribution in [3.63, 3.8) is 0 Å². The summed E-state index contributed by atoms with van der Waals surface area (Å²) in [4.78, 5) is 12.7. The number of fused-ring (bicyclic) bond motifs is 2. The molecule has 2 aliphatic carbocycles. The van der Waals surface area contributed by atoms with Crippen LogP contribution in [0, 0.1) is 16.7 Å². The lowest BCUT2D eigenvalue weighted by molar-refractivity contribution is -0.0413. The number of carbonyl (C=O) groups excluding carboxylic acids is 1. The normalized spacial score (nSPS) is 28.4. The van der Waals surface area contributed by atoms with Crippen LogP contribution >= 0.6 is 11.6 Å². The van der Waals surface area contributed by atoms with Crippen LogP contribution in [0.1, 0.15) is 75.7 Å². The molecular weight excluding hydrogens is 540 g/mol. The molecule has 0 saturated heterocycles. The van der Waals surface area contributed by atoms with E-state index in [9.17, 15) is 9.00 Å². The van der Waals surface area contributed by atoms with Gasteiger partial charge in [-0.25, -0.2) is 9.00 Å². The van der Waals surface area contributed by atoms with Crippen LogP contribution in [-0.2, 0) is 21.1 Å². The van der Waals surface area contributed by atoms with E-state index in [0.717, 1.165) is 11.6 Å². The SMILES string of the molecule is COC(=O)c1ccccc1Nc1ccc(S(=O)Nc2ccc(C3(C)CC4(C)CC(C)CC(C)(C4)C3)cc2Cl)cc1. The molecule has 5 nitrogen and oxygen atoms in total. The molecule has 0 aliphatic heterocycles. The molecule has 3 unspecified atom stereocenters. The first-order chi connectivity index (χ1) is 18.9. The number of ether oxygens (including phenoxy) is 1. The van der Waals surface area contributed by atoms with Gasteiger partial charge in [-0.2, -0.15) is 0 Å². The maximum absolute atomic E-state index is 13.2. The number of hydrogen-bond donors (Lipinski definition) is 2. The van der Waals surface area contributed by atoms with Crippen molar-refractivity contribution in [1.82, 2.24) is 0 Å². The average Bonchev–Trinajstić information content (AvgIpc) is 2.88. The van der Waals surface area contributed by atoms with Gasteiger partial charge in [0.15, 0.2) is 0 Å². The molecule has 2 N–H and O–H groups in total. The Morgan fingerprint density at radius 1 is 0.925 bits per heavy atom. The van der Waals surface area contributed by atoms with Crippen molar-refractivity contribution in [3.8, 4) is 0 Å². The summed E-state index contributed by atoms with van der Waals surface area (Å²) in [6.45, 7) is 9.74. The van der Waals surface area contributed by atoms with Gasteiger partial charge >= 0.3 is 5.97 Å². The van der Waals surface area contributed by atoms with Crippen molar-refractivity contribution in [2.45, 2.75) is 70.1 Å². The largest absolute Gasteiger partial charge is 0.465 e. The number of esters is 1. The zero-order chi connectivity index (χ0) is 28.7. The highest BCUT2D eigenvalue weighted by Crippen LogP contribution is 2.62. The maximum Gasteiger partial charge on any atom is 0.339 e. The second-order valence-corrected chi connectivity index (χ2v) is 14.6. The Balaban J connectivity index is 1.28. The van der Waals surface area contributed by atoms with E-state index < -0.39 is 17.0 Å². The number of methoxy groups -OCH3 is 1. The highest BCUT2D eigenvalue weighted by atomic mass is 35.5. The summed E-state index contributed by atoms with van der Waals surface area (Å²) in [6.07, 6.45) is 6.21. The number of nitrogens with one attached hydrogen (secondary N) is 2. The van der Waals surface area contributed by atoms with Crippen LogP contribution in [0.15, 0.2) is 71.6 Å². The number of halogens is 1. The van der Waals surface area contributed by atoms with Gasteiger partial charge in [-0.1, -0.05) is 57.5 Å². The predicted molar refractivity (Wildman–Crippen MR) is 165 cm³/mol. The molecule has 5 rings (SSSR count). The Kier molecular flexibility index (Phi) is 7.79.